The number of nitrogens with one attached hydrogen (secondary N) is 1. The van der Waals surface area contributed by atoms with Crippen LogP contribution in [0.2, 0.25) is 5.02 Å². The van der Waals surface area contributed by atoms with Gasteiger partial charge in [-0.2, -0.15) is 0 Å². The summed E-state index contributed by atoms with van der Waals surface area (Å²) in [6.07, 6.45) is 1.56. The first-order valence-corrected chi connectivity index (χ1v) is 6.25. The number of alkyl halides is 1. The van der Waals surface area contributed by atoms with Crippen LogP contribution >= 0.6 is 23.2 Å². The highest BCUT2D eigenvalue weighted by Crippen LogP contribution is 2.20. The number of unbranched alkanes of at least 4 members (excludes halogenated alkanes) is 1. The fourth-order valence-corrected chi connectivity index (χ4v) is 1.75. The molecule has 0 fully saturated rings. The standard InChI is InChI=1S/C11H12Cl2N2O3/c12-3-1-2-4-14-11(16)8-5-9(13)7-10(6-8)15(17)18/h5-7H,1-4H2,(H,14,16). The monoisotopic (exact) mass is 290 g/mol. The van der Waals surface area contributed by atoms with Crippen molar-refractivity contribution < 1.29 is 9.72 Å². The number of nitrogens with zero attached hydrogens (tertiary/aromatic N) is 1. The zero-order chi connectivity index (χ0) is 13.5. The number of hydrogen-bond donors (Lipinski definition) is 1. The summed E-state index contributed by atoms with van der Waals surface area (Å²) in [5, 5.41) is 13.4. The number of carbonyl (C=O) groups excluding carboxylic acids is 1. The number of non-ortho nitro benzene ring substituents is 1. The summed E-state index contributed by atoms with van der Waals surface area (Å²) in [4.78, 5) is 21.8. The SMILES string of the molecule is O=C(NCCCCCl)c1cc(Cl)cc([N+](=O)[O-])c1. The number of rotatable bonds is 6. The van der Waals surface area contributed by atoms with Crippen molar-refractivity contribution >= 4 is 34.8 Å². The molecule has 0 aliphatic heterocycles. The summed E-state index contributed by atoms with van der Waals surface area (Å²) in [6, 6.07) is 3.79. The van der Waals surface area contributed by atoms with Crippen molar-refractivity contribution in [2.24, 2.45) is 0 Å². The van der Waals surface area contributed by atoms with E-state index in [4.69, 9.17) is 23.2 Å². The van der Waals surface area contributed by atoms with Crippen molar-refractivity contribution in [3.63, 3.8) is 0 Å². The number of nitro benzene ring substituents is 1. The van der Waals surface area contributed by atoms with Crippen molar-refractivity contribution in [3.8, 4) is 0 Å². The van der Waals surface area contributed by atoms with E-state index < -0.39 is 4.92 Å². The van der Waals surface area contributed by atoms with Gasteiger partial charge in [-0.15, -0.1) is 11.6 Å². The van der Waals surface area contributed by atoms with E-state index in [0.717, 1.165) is 12.8 Å². The van der Waals surface area contributed by atoms with Crippen LogP contribution in [0.5, 0.6) is 0 Å². The molecule has 1 amide bonds. The summed E-state index contributed by atoms with van der Waals surface area (Å²) in [6.45, 7) is 0.478. The smallest absolute Gasteiger partial charge is 0.271 e. The van der Waals surface area contributed by atoms with Gasteiger partial charge in [0.05, 0.1) is 4.92 Å². The molecule has 1 N–H and O–H groups in total. The first-order valence-electron chi connectivity index (χ1n) is 5.33. The average Bonchev–Trinajstić information content (AvgIpc) is 2.33. The summed E-state index contributed by atoms with van der Waals surface area (Å²) in [5.74, 6) is 0.161. The minimum absolute atomic E-state index is 0.162. The Labute approximate surface area is 114 Å². The Hall–Kier alpha value is -1.33. The fraction of sp³-hybridized carbons (Fsp3) is 0.364. The van der Waals surface area contributed by atoms with Gasteiger partial charge >= 0.3 is 0 Å². The van der Waals surface area contributed by atoms with Gasteiger partial charge in [0.25, 0.3) is 11.6 Å². The zero-order valence-electron chi connectivity index (χ0n) is 9.49. The Kier molecular flexibility index (Phi) is 5.88. The van der Waals surface area contributed by atoms with Crippen molar-refractivity contribution in [3.05, 3.63) is 38.9 Å². The zero-order valence-corrected chi connectivity index (χ0v) is 11.0. The number of nitro groups is 1. The van der Waals surface area contributed by atoms with Crippen LogP contribution in [0.3, 0.4) is 0 Å². The first-order chi connectivity index (χ1) is 8.54. The van der Waals surface area contributed by atoms with Gasteiger partial charge in [0.15, 0.2) is 0 Å². The van der Waals surface area contributed by atoms with Crippen molar-refractivity contribution in [1.82, 2.24) is 5.32 Å². The second-order valence-electron chi connectivity index (χ2n) is 3.61. The van der Waals surface area contributed by atoms with Gasteiger partial charge in [0.1, 0.15) is 0 Å². The second-order valence-corrected chi connectivity index (χ2v) is 4.42. The normalized spacial score (nSPS) is 10.1. The number of hydrogen-bond acceptors (Lipinski definition) is 3. The molecule has 5 nitrogen and oxygen atoms in total. The lowest BCUT2D eigenvalue weighted by atomic mass is 10.2. The van der Waals surface area contributed by atoms with E-state index in [2.05, 4.69) is 5.32 Å². The highest BCUT2D eigenvalue weighted by Gasteiger charge is 2.13. The number of benzene rings is 1. The molecule has 0 unspecified atom stereocenters. The lowest BCUT2D eigenvalue weighted by Crippen LogP contribution is -2.24. The average molecular weight is 291 g/mol. The molecule has 98 valence electrons. The molecule has 7 heteroatoms. The van der Waals surface area contributed by atoms with Crippen LogP contribution in [0.1, 0.15) is 23.2 Å². The molecular formula is C11H12Cl2N2O3. The first kappa shape index (κ1) is 14.7. The van der Waals surface area contributed by atoms with Crippen LogP contribution in [0.25, 0.3) is 0 Å². The van der Waals surface area contributed by atoms with Crippen LogP contribution < -0.4 is 5.32 Å². The third-order valence-corrected chi connectivity index (χ3v) is 2.69. The highest BCUT2D eigenvalue weighted by molar-refractivity contribution is 6.31. The van der Waals surface area contributed by atoms with E-state index in [-0.39, 0.29) is 22.2 Å². The molecule has 0 aliphatic carbocycles. The van der Waals surface area contributed by atoms with Gasteiger partial charge < -0.3 is 5.32 Å². The molecule has 0 saturated carbocycles. The Bertz CT molecular complexity index is 452. The predicted octanol–water partition coefficient (Wildman–Crippen LogP) is 3.00. The molecule has 0 spiro atoms. The van der Waals surface area contributed by atoms with Gasteiger partial charge in [0.2, 0.25) is 0 Å². The third-order valence-electron chi connectivity index (χ3n) is 2.20. The Morgan fingerprint density at radius 1 is 1.33 bits per heavy atom. The Balaban J connectivity index is 2.70. The molecule has 1 aromatic carbocycles. The molecule has 1 aromatic rings. The van der Waals surface area contributed by atoms with Gasteiger partial charge in [-0.25, -0.2) is 0 Å². The number of amides is 1. The number of halogens is 2. The van der Waals surface area contributed by atoms with Gasteiger partial charge in [-0.3, -0.25) is 14.9 Å². The molecule has 0 aromatic heterocycles. The van der Waals surface area contributed by atoms with Crippen LogP contribution in [0, 0.1) is 10.1 Å². The van der Waals surface area contributed by atoms with E-state index in [9.17, 15) is 14.9 Å². The Morgan fingerprint density at radius 2 is 2.06 bits per heavy atom. The van der Waals surface area contributed by atoms with E-state index in [1.807, 2.05) is 0 Å². The van der Waals surface area contributed by atoms with E-state index in [1.165, 1.54) is 18.2 Å². The minimum atomic E-state index is -0.587. The maximum Gasteiger partial charge on any atom is 0.271 e. The van der Waals surface area contributed by atoms with Gasteiger partial charge in [-0.1, -0.05) is 11.6 Å². The molecule has 18 heavy (non-hydrogen) atoms. The molecule has 0 saturated heterocycles. The largest absolute Gasteiger partial charge is 0.352 e. The molecule has 0 aliphatic rings. The number of carbonyl (C=O) groups is 1. The molecule has 0 radical (unpaired) electrons. The second kappa shape index (κ2) is 7.18. The molecule has 0 atom stereocenters. The summed E-state index contributed by atoms with van der Waals surface area (Å²) in [5.41, 5.74) is -0.0199. The minimum Gasteiger partial charge on any atom is -0.352 e. The lowest BCUT2D eigenvalue weighted by molar-refractivity contribution is -0.384. The van der Waals surface area contributed by atoms with E-state index in [1.54, 1.807) is 0 Å². The molecule has 0 heterocycles. The highest BCUT2D eigenvalue weighted by atomic mass is 35.5. The topological polar surface area (TPSA) is 72.2 Å². The summed E-state index contributed by atoms with van der Waals surface area (Å²) >= 11 is 11.2. The lowest BCUT2D eigenvalue weighted by Gasteiger charge is -2.05. The van der Waals surface area contributed by atoms with Crippen LogP contribution in [-0.4, -0.2) is 23.3 Å². The third kappa shape index (κ3) is 4.50. The van der Waals surface area contributed by atoms with Crippen molar-refractivity contribution in [1.29, 1.82) is 0 Å². The summed E-state index contributed by atoms with van der Waals surface area (Å²) < 4.78 is 0. The maximum absolute atomic E-state index is 11.7. The van der Waals surface area contributed by atoms with Crippen LogP contribution in [0.4, 0.5) is 5.69 Å². The predicted molar refractivity (Wildman–Crippen MR) is 70.4 cm³/mol. The quantitative estimate of drug-likeness (QED) is 0.379. The van der Waals surface area contributed by atoms with Crippen LogP contribution in [0.15, 0.2) is 18.2 Å². The van der Waals surface area contributed by atoms with Crippen molar-refractivity contribution in [2.45, 2.75) is 12.8 Å². The molecular weight excluding hydrogens is 279 g/mol. The molecule has 1 rings (SSSR count). The van der Waals surface area contributed by atoms with E-state index >= 15 is 0 Å². The van der Waals surface area contributed by atoms with Crippen LogP contribution in [-0.2, 0) is 0 Å². The van der Waals surface area contributed by atoms with E-state index in [0.29, 0.717) is 12.4 Å². The van der Waals surface area contributed by atoms with Gasteiger partial charge in [-0.05, 0) is 18.9 Å². The van der Waals surface area contributed by atoms with Crippen molar-refractivity contribution in [2.75, 3.05) is 12.4 Å². The summed E-state index contributed by atoms with van der Waals surface area (Å²) in [7, 11) is 0. The molecule has 0 bridgehead atoms. The maximum atomic E-state index is 11.7. The van der Waals surface area contributed by atoms with Gasteiger partial charge in [0, 0.05) is 35.1 Å². The fourth-order valence-electron chi connectivity index (χ4n) is 1.33. The Morgan fingerprint density at radius 3 is 2.67 bits per heavy atom.